The molecule has 7 nitrogen and oxygen atoms in total. The molecule has 2 aromatic rings. The molecule has 1 fully saturated rings. The van der Waals surface area contributed by atoms with E-state index in [1.807, 2.05) is 43.3 Å². The van der Waals surface area contributed by atoms with Gasteiger partial charge in [0, 0.05) is 20.0 Å². The van der Waals surface area contributed by atoms with Crippen LogP contribution >= 0.6 is 0 Å². The molecule has 0 radical (unpaired) electrons. The van der Waals surface area contributed by atoms with E-state index in [4.69, 9.17) is 14.2 Å². The fourth-order valence-corrected chi connectivity index (χ4v) is 5.02. The number of rotatable bonds is 13. The van der Waals surface area contributed by atoms with Crippen LogP contribution in [0.4, 0.5) is 0 Å². The van der Waals surface area contributed by atoms with Crippen molar-refractivity contribution in [3.05, 3.63) is 42.0 Å². The number of benzene rings is 2. The van der Waals surface area contributed by atoms with Crippen molar-refractivity contribution in [1.82, 2.24) is 9.80 Å². The standard InChI is InChI=1S/C30H42N2O5/c1-7-8-9-10-11-12-17-32-21(2)29(33)31(3)25(30(32)34)18-22-13-15-23(16-14-22)24-19-26(35-4)28(37-6)27(20-24)36-5/h13-16,19-21,25H,7-12,17-18H2,1-6H3/t21-,25?/m1/s1. The molecule has 0 aromatic heterocycles. The van der Waals surface area contributed by atoms with Crippen LogP contribution in [-0.4, -0.2) is 68.6 Å². The summed E-state index contributed by atoms with van der Waals surface area (Å²) in [6.45, 7) is 4.69. The number of hydrogen-bond acceptors (Lipinski definition) is 5. The Morgan fingerprint density at radius 2 is 1.38 bits per heavy atom. The number of unbranched alkanes of at least 4 members (excludes halogenated alkanes) is 5. The third-order valence-electron chi connectivity index (χ3n) is 7.34. The van der Waals surface area contributed by atoms with Crippen molar-refractivity contribution in [2.75, 3.05) is 34.9 Å². The van der Waals surface area contributed by atoms with Crippen molar-refractivity contribution >= 4 is 11.8 Å². The molecule has 0 N–H and O–H groups in total. The Bertz CT molecular complexity index is 1030. The van der Waals surface area contributed by atoms with Gasteiger partial charge in [-0.15, -0.1) is 0 Å². The lowest BCUT2D eigenvalue weighted by Crippen LogP contribution is -2.63. The highest BCUT2D eigenvalue weighted by atomic mass is 16.5. The van der Waals surface area contributed by atoms with E-state index >= 15 is 0 Å². The summed E-state index contributed by atoms with van der Waals surface area (Å²) in [5.74, 6) is 1.77. The van der Waals surface area contributed by atoms with Crippen LogP contribution in [0.15, 0.2) is 36.4 Å². The Kier molecular flexibility index (Phi) is 10.2. The molecule has 0 aliphatic carbocycles. The monoisotopic (exact) mass is 510 g/mol. The largest absolute Gasteiger partial charge is 0.493 e. The number of hydrogen-bond donors (Lipinski definition) is 0. The molecule has 37 heavy (non-hydrogen) atoms. The van der Waals surface area contributed by atoms with Crippen molar-refractivity contribution in [3.63, 3.8) is 0 Å². The summed E-state index contributed by atoms with van der Waals surface area (Å²) in [7, 11) is 6.52. The minimum Gasteiger partial charge on any atom is -0.493 e. The third-order valence-corrected chi connectivity index (χ3v) is 7.34. The number of piperazine rings is 1. The van der Waals surface area contributed by atoms with Gasteiger partial charge in [-0.3, -0.25) is 9.59 Å². The van der Waals surface area contributed by atoms with Gasteiger partial charge in [0.25, 0.3) is 0 Å². The lowest BCUT2D eigenvalue weighted by atomic mass is 9.96. The first kappa shape index (κ1) is 28.4. The lowest BCUT2D eigenvalue weighted by Gasteiger charge is -2.42. The Morgan fingerprint density at radius 1 is 0.784 bits per heavy atom. The zero-order valence-electron chi connectivity index (χ0n) is 23.2. The van der Waals surface area contributed by atoms with E-state index in [1.165, 1.54) is 25.7 Å². The maximum atomic E-state index is 13.4. The highest BCUT2D eigenvalue weighted by Crippen LogP contribution is 2.41. The van der Waals surface area contributed by atoms with Crippen LogP contribution < -0.4 is 14.2 Å². The molecule has 1 heterocycles. The lowest BCUT2D eigenvalue weighted by molar-refractivity contribution is -0.159. The van der Waals surface area contributed by atoms with Gasteiger partial charge in [-0.1, -0.05) is 63.3 Å². The van der Waals surface area contributed by atoms with E-state index in [0.29, 0.717) is 30.2 Å². The molecule has 1 unspecified atom stereocenters. The molecule has 7 heteroatoms. The fourth-order valence-electron chi connectivity index (χ4n) is 5.02. The summed E-state index contributed by atoms with van der Waals surface area (Å²) in [5.41, 5.74) is 2.92. The quantitative estimate of drug-likeness (QED) is 0.340. The zero-order valence-corrected chi connectivity index (χ0v) is 23.2. The van der Waals surface area contributed by atoms with Gasteiger partial charge < -0.3 is 24.0 Å². The van der Waals surface area contributed by atoms with Gasteiger partial charge in [0.1, 0.15) is 12.1 Å². The molecule has 2 atom stereocenters. The number of methoxy groups -OCH3 is 3. The molecule has 2 amide bonds. The van der Waals surface area contributed by atoms with Crippen LogP contribution in [0.1, 0.15) is 57.9 Å². The molecular formula is C30H42N2O5. The predicted molar refractivity (Wildman–Crippen MR) is 146 cm³/mol. The zero-order chi connectivity index (χ0) is 26.9. The van der Waals surface area contributed by atoms with E-state index in [1.54, 1.807) is 38.2 Å². The van der Waals surface area contributed by atoms with Gasteiger partial charge in [-0.2, -0.15) is 0 Å². The number of nitrogens with zero attached hydrogens (tertiary/aromatic N) is 2. The van der Waals surface area contributed by atoms with Crippen molar-refractivity contribution in [2.24, 2.45) is 0 Å². The minimum atomic E-state index is -0.490. The van der Waals surface area contributed by atoms with Gasteiger partial charge in [0.2, 0.25) is 17.6 Å². The maximum Gasteiger partial charge on any atom is 0.246 e. The fraction of sp³-hybridized carbons (Fsp3) is 0.533. The number of amides is 2. The van der Waals surface area contributed by atoms with Crippen LogP contribution in [0.2, 0.25) is 0 Å². The molecule has 0 spiro atoms. The number of carbonyl (C=O) groups excluding carboxylic acids is 2. The van der Waals surface area contributed by atoms with Crippen molar-refractivity contribution < 1.29 is 23.8 Å². The molecule has 2 aromatic carbocycles. The molecule has 3 rings (SSSR count). The summed E-state index contributed by atoms with van der Waals surface area (Å²) in [4.78, 5) is 29.8. The van der Waals surface area contributed by atoms with Crippen LogP contribution in [0.5, 0.6) is 17.2 Å². The second-order valence-electron chi connectivity index (χ2n) is 9.76. The number of likely N-dealkylation sites (N-methyl/N-ethyl adjacent to an activating group) is 1. The average Bonchev–Trinajstić information content (AvgIpc) is 2.92. The van der Waals surface area contributed by atoms with Crippen LogP contribution in [0.3, 0.4) is 0 Å². The smallest absolute Gasteiger partial charge is 0.246 e. The minimum absolute atomic E-state index is 0.00428. The maximum absolute atomic E-state index is 13.4. The summed E-state index contributed by atoms with van der Waals surface area (Å²) < 4.78 is 16.4. The van der Waals surface area contributed by atoms with Gasteiger partial charge in [-0.05, 0) is 42.2 Å². The van der Waals surface area contributed by atoms with E-state index in [2.05, 4.69) is 6.92 Å². The number of carbonyl (C=O) groups is 2. The van der Waals surface area contributed by atoms with Crippen LogP contribution in [0.25, 0.3) is 11.1 Å². The molecule has 1 aliphatic heterocycles. The normalized spacial score (nSPS) is 17.8. The van der Waals surface area contributed by atoms with Gasteiger partial charge in [0.15, 0.2) is 11.5 Å². The molecule has 1 aliphatic rings. The Balaban J connectivity index is 1.72. The summed E-state index contributed by atoms with van der Waals surface area (Å²) >= 11 is 0. The highest BCUT2D eigenvalue weighted by Gasteiger charge is 2.41. The van der Waals surface area contributed by atoms with E-state index in [9.17, 15) is 9.59 Å². The average molecular weight is 511 g/mol. The second-order valence-corrected chi connectivity index (χ2v) is 9.76. The Hall–Kier alpha value is -3.22. The molecule has 0 bridgehead atoms. The first-order chi connectivity index (χ1) is 17.9. The van der Waals surface area contributed by atoms with Crippen molar-refractivity contribution in [3.8, 4) is 28.4 Å². The van der Waals surface area contributed by atoms with Crippen LogP contribution in [-0.2, 0) is 16.0 Å². The Morgan fingerprint density at radius 3 is 1.95 bits per heavy atom. The molecular weight excluding hydrogens is 468 g/mol. The second kappa shape index (κ2) is 13.4. The summed E-state index contributed by atoms with van der Waals surface area (Å²) in [5, 5.41) is 0. The van der Waals surface area contributed by atoms with Gasteiger partial charge in [0.05, 0.1) is 21.3 Å². The van der Waals surface area contributed by atoms with Crippen molar-refractivity contribution in [1.29, 1.82) is 0 Å². The van der Waals surface area contributed by atoms with Gasteiger partial charge in [-0.25, -0.2) is 0 Å². The SMILES string of the molecule is CCCCCCCCN1C(=O)C(Cc2ccc(-c3cc(OC)c(OC)c(OC)c3)cc2)N(C)C(=O)[C@H]1C. The third kappa shape index (κ3) is 6.56. The first-order valence-corrected chi connectivity index (χ1v) is 13.3. The summed E-state index contributed by atoms with van der Waals surface area (Å²) in [6, 6.07) is 11.0. The molecule has 202 valence electrons. The summed E-state index contributed by atoms with van der Waals surface area (Å²) in [6.07, 6.45) is 7.39. The van der Waals surface area contributed by atoms with Crippen LogP contribution in [0, 0.1) is 0 Å². The Labute approximate surface area is 221 Å². The number of ether oxygens (including phenoxy) is 3. The van der Waals surface area contributed by atoms with E-state index in [-0.39, 0.29) is 11.8 Å². The van der Waals surface area contributed by atoms with E-state index < -0.39 is 12.1 Å². The van der Waals surface area contributed by atoms with Crippen molar-refractivity contribution in [2.45, 2.75) is 70.9 Å². The topological polar surface area (TPSA) is 68.3 Å². The molecule has 0 saturated carbocycles. The molecule has 1 saturated heterocycles. The van der Waals surface area contributed by atoms with E-state index in [0.717, 1.165) is 29.5 Å². The predicted octanol–water partition coefficient (Wildman–Crippen LogP) is 5.34. The highest BCUT2D eigenvalue weighted by molar-refractivity contribution is 5.96. The van der Waals surface area contributed by atoms with Gasteiger partial charge >= 0.3 is 0 Å². The first-order valence-electron chi connectivity index (χ1n) is 13.3.